The fourth-order valence-corrected chi connectivity index (χ4v) is 3.95. The van der Waals surface area contributed by atoms with E-state index < -0.39 is 0 Å². The Balaban J connectivity index is 1.36. The highest BCUT2D eigenvalue weighted by Gasteiger charge is 2.47. The number of hydrogen-bond donors (Lipinski definition) is 3. The number of hydrazine groups is 1. The largest absolute Gasteiger partial charge is 0.497 e. The number of carbonyl (C=O) groups is 3. The van der Waals surface area contributed by atoms with Gasteiger partial charge < -0.3 is 10.1 Å². The number of methoxy groups -OCH3 is 1. The fraction of sp³-hybridized carbons (Fsp3) is 0.500. The molecular weight excluding hydrogens is 392 g/mol. The Kier molecular flexibility index (Phi) is 7.03. The van der Waals surface area contributed by atoms with Gasteiger partial charge in [0.15, 0.2) is 5.11 Å². The fourth-order valence-electron chi connectivity index (χ4n) is 3.82. The number of hydrogen-bond acceptors (Lipinski definition) is 5. The third-order valence-electron chi connectivity index (χ3n) is 5.42. The highest BCUT2D eigenvalue weighted by atomic mass is 32.1. The zero-order valence-corrected chi connectivity index (χ0v) is 17.2. The van der Waals surface area contributed by atoms with Gasteiger partial charge in [0.1, 0.15) is 5.75 Å². The molecule has 0 bridgehead atoms. The van der Waals surface area contributed by atoms with Gasteiger partial charge in [0.2, 0.25) is 17.7 Å². The second-order valence-electron chi connectivity index (χ2n) is 7.28. The Hall–Kier alpha value is -2.68. The normalized spacial score (nSPS) is 20.8. The van der Waals surface area contributed by atoms with E-state index in [1.54, 1.807) is 7.11 Å². The molecule has 1 heterocycles. The van der Waals surface area contributed by atoms with Crippen LogP contribution in [0.5, 0.6) is 5.75 Å². The molecule has 2 atom stereocenters. The first-order valence-corrected chi connectivity index (χ1v) is 10.2. The molecule has 0 spiro atoms. The molecule has 2 aliphatic rings. The number of rotatable bonds is 6. The highest BCUT2D eigenvalue weighted by molar-refractivity contribution is 7.80. The number of ether oxygens (including phenoxy) is 1. The van der Waals surface area contributed by atoms with E-state index in [1.807, 2.05) is 24.3 Å². The lowest BCUT2D eigenvalue weighted by molar-refractivity contribution is -0.140. The van der Waals surface area contributed by atoms with Crippen LogP contribution in [0.1, 0.15) is 37.7 Å². The van der Waals surface area contributed by atoms with E-state index in [0.29, 0.717) is 6.54 Å². The third-order valence-corrected chi connectivity index (χ3v) is 5.67. The second kappa shape index (κ2) is 9.69. The molecule has 9 heteroatoms. The first kappa shape index (κ1) is 21.0. The Labute approximate surface area is 175 Å². The molecule has 3 amide bonds. The maximum absolute atomic E-state index is 12.4. The number of likely N-dealkylation sites (tertiary alicyclic amines) is 1. The number of thiocarbonyl (C=S) groups is 1. The number of carbonyl (C=O) groups excluding carboxylic acids is 3. The van der Waals surface area contributed by atoms with Crippen LogP contribution in [0.3, 0.4) is 0 Å². The summed E-state index contributed by atoms with van der Waals surface area (Å²) < 4.78 is 5.11. The van der Waals surface area contributed by atoms with Crippen LogP contribution in [-0.4, -0.2) is 41.4 Å². The smallest absolute Gasteiger partial charge is 0.240 e. The Morgan fingerprint density at radius 1 is 1.10 bits per heavy atom. The van der Waals surface area contributed by atoms with E-state index in [4.69, 9.17) is 17.0 Å². The van der Waals surface area contributed by atoms with Gasteiger partial charge in [-0.3, -0.25) is 30.1 Å². The molecule has 156 valence electrons. The standard InChI is InChI=1S/C20H26N4O4S/c1-28-14-8-6-13(7-9-14)12-21-20(29)23-22-17(25)10-11-24-18(26)15-4-2-3-5-16(15)19(24)27/h6-9,15-16H,2-5,10-12H2,1H3,(H,22,25)(H2,21,23,29)/t15-,16-/m0/s1. The van der Waals surface area contributed by atoms with E-state index in [2.05, 4.69) is 16.2 Å². The molecule has 8 nitrogen and oxygen atoms in total. The average Bonchev–Trinajstić information content (AvgIpc) is 2.99. The monoisotopic (exact) mass is 418 g/mol. The first-order valence-electron chi connectivity index (χ1n) is 9.80. The topological polar surface area (TPSA) is 99.8 Å². The molecule has 1 aromatic rings. The molecule has 1 aromatic carbocycles. The minimum absolute atomic E-state index is 0.0328. The number of amides is 3. The maximum Gasteiger partial charge on any atom is 0.240 e. The first-order chi connectivity index (χ1) is 14.0. The Morgan fingerprint density at radius 2 is 1.72 bits per heavy atom. The van der Waals surface area contributed by atoms with Crippen molar-refractivity contribution in [3.05, 3.63) is 29.8 Å². The molecule has 0 radical (unpaired) electrons. The summed E-state index contributed by atoms with van der Waals surface area (Å²) in [7, 11) is 1.61. The van der Waals surface area contributed by atoms with E-state index in [-0.39, 0.29) is 47.6 Å². The van der Waals surface area contributed by atoms with Gasteiger partial charge >= 0.3 is 0 Å². The summed E-state index contributed by atoms with van der Waals surface area (Å²) >= 11 is 5.14. The molecule has 3 N–H and O–H groups in total. The minimum atomic E-state index is -0.339. The van der Waals surface area contributed by atoms with Crippen molar-refractivity contribution >= 4 is 35.1 Å². The molecule has 1 saturated carbocycles. The second-order valence-corrected chi connectivity index (χ2v) is 7.69. The number of benzene rings is 1. The van der Waals surface area contributed by atoms with Gasteiger partial charge in [-0.15, -0.1) is 0 Å². The number of imide groups is 1. The van der Waals surface area contributed by atoms with Crippen LogP contribution < -0.4 is 20.9 Å². The van der Waals surface area contributed by atoms with E-state index in [1.165, 1.54) is 4.90 Å². The lowest BCUT2D eigenvalue weighted by Crippen LogP contribution is -2.47. The predicted molar refractivity (Wildman–Crippen MR) is 110 cm³/mol. The zero-order chi connectivity index (χ0) is 20.8. The maximum atomic E-state index is 12.4. The van der Waals surface area contributed by atoms with Crippen LogP contribution in [-0.2, 0) is 20.9 Å². The van der Waals surface area contributed by atoms with Gasteiger partial charge in [-0.2, -0.15) is 0 Å². The van der Waals surface area contributed by atoms with Gasteiger partial charge in [0, 0.05) is 19.5 Å². The number of fused-ring (bicyclic) bond motifs is 1. The average molecular weight is 419 g/mol. The molecule has 1 aliphatic carbocycles. The molecule has 3 rings (SSSR count). The van der Waals surface area contributed by atoms with Crippen molar-refractivity contribution in [2.75, 3.05) is 13.7 Å². The quantitative estimate of drug-likeness (QED) is 0.363. The highest BCUT2D eigenvalue weighted by Crippen LogP contribution is 2.37. The van der Waals surface area contributed by atoms with Crippen molar-refractivity contribution in [2.24, 2.45) is 11.8 Å². The van der Waals surface area contributed by atoms with Crippen LogP contribution in [0.4, 0.5) is 0 Å². The van der Waals surface area contributed by atoms with Gasteiger partial charge in [-0.1, -0.05) is 25.0 Å². The SMILES string of the molecule is COc1ccc(CNC(=S)NNC(=O)CCN2C(=O)[C@H]3CCCC[C@@H]3C2=O)cc1. The lowest BCUT2D eigenvalue weighted by Gasteiger charge is -2.19. The zero-order valence-electron chi connectivity index (χ0n) is 16.4. The van der Waals surface area contributed by atoms with Crippen molar-refractivity contribution in [2.45, 2.75) is 38.6 Å². The molecular formula is C20H26N4O4S. The van der Waals surface area contributed by atoms with Crippen LogP contribution >= 0.6 is 12.2 Å². The molecule has 1 saturated heterocycles. The van der Waals surface area contributed by atoms with E-state index in [9.17, 15) is 14.4 Å². The van der Waals surface area contributed by atoms with Crippen molar-refractivity contribution in [3.8, 4) is 5.75 Å². The molecule has 2 fully saturated rings. The van der Waals surface area contributed by atoms with Crippen LogP contribution in [0.25, 0.3) is 0 Å². The van der Waals surface area contributed by atoms with Crippen LogP contribution in [0.15, 0.2) is 24.3 Å². The van der Waals surface area contributed by atoms with Crippen LogP contribution in [0, 0.1) is 11.8 Å². The Morgan fingerprint density at radius 3 is 2.31 bits per heavy atom. The van der Waals surface area contributed by atoms with Gasteiger partial charge in [-0.05, 0) is 42.8 Å². The van der Waals surface area contributed by atoms with Crippen molar-refractivity contribution in [1.82, 2.24) is 21.1 Å². The molecule has 29 heavy (non-hydrogen) atoms. The summed E-state index contributed by atoms with van der Waals surface area (Å²) in [6.45, 7) is 0.593. The van der Waals surface area contributed by atoms with Gasteiger partial charge in [0.25, 0.3) is 0 Å². The van der Waals surface area contributed by atoms with Crippen molar-refractivity contribution < 1.29 is 19.1 Å². The van der Waals surface area contributed by atoms with E-state index >= 15 is 0 Å². The molecule has 1 aliphatic heterocycles. The lowest BCUT2D eigenvalue weighted by atomic mass is 9.81. The van der Waals surface area contributed by atoms with Gasteiger partial charge in [0.05, 0.1) is 18.9 Å². The summed E-state index contributed by atoms with van der Waals surface area (Å²) in [4.78, 5) is 38.1. The summed E-state index contributed by atoms with van der Waals surface area (Å²) in [6, 6.07) is 7.53. The number of nitrogens with one attached hydrogen (secondary N) is 3. The predicted octanol–water partition coefficient (Wildman–Crippen LogP) is 1.26. The summed E-state index contributed by atoms with van der Waals surface area (Å²) in [5, 5.41) is 3.25. The van der Waals surface area contributed by atoms with Crippen LogP contribution in [0.2, 0.25) is 0 Å². The number of nitrogens with zero attached hydrogens (tertiary/aromatic N) is 1. The van der Waals surface area contributed by atoms with Crippen molar-refractivity contribution in [3.63, 3.8) is 0 Å². The molecule has 0 aromatic heterocycles. The summed E-state index contributed by atoms with van der Waals surface area (Å²) in [5.41, 5.74) is 6.13. The van der Waals surface area contributed by atoms with Gasteiger partial charge in [-0.25, -0.2) is 0 Å². The van der Waals surface area contributed by atoms with Crippen molar-refractivity contribution in [1.29, 1.82) is 0 Å². The third kappa shape index (κ3) is 5.23. The summed E-state index contributed by atoms with van der Waals surface area (Å²) in [5.74, 6) is -0.196. The summed E-state index contributed by atoms with van der Waals surface area (Å²) in [6.07, 6.45) is 3.55. The minimum Gasteiger partial charge on any atom is -0.497 e. The molecule has 0 unspecified atom stereocenters. The Bertz CT molecular complexity index is 759. The van der Waals surface area contributed by atoms with E-state index in [0.717, 1.165) is 37.0 Å².